The zero-order chi connectivity index (χ0) is 25.2. The summed E-state index contributed by atoms with van der Waals surface area (Å²) in [5, 5.41) is 1.51. The maximum atomic E-state index is 15.4. The molecule has 4 aromatic rings. The van der Waals surface area contributed by atoms with E-state index in [1.54, 1.807) is 0 Å². The van der Waals surface area contributed by atoms with Crippen LogP contribution in [-0.2, 0) is 12.8 Å². The average Bonchev–Trinajstić information content (AvgIpc) is 2.91. The van der Waals surface area contributed by atoms with Crippen molar-refractivity contribution in [2.24, 2.45) is 0 Å². The smallest absolute Gasteiger partial charge is 0.138 e. The summed E-state index contributed by atoms with van der Waals surface area (Å²) in [7, 11) is 0. The second kappa shape index (κ2) is 13.1. The predicted octanol–water partition coefficient (Wildman–Crippen LogP) is 9.90. The summed E-state index contributed by atoms with van der Waals surface area (Å²) in [5.74, 6) is 6.35. The van der Waals surface area contributed by atoms with Crippen LogP contribution in [0, 0.1) is 17.7 Å². The Kier molecular flexibility index (Phi) is 9.34. The molecule has 0 aliphatic heterocycles. The van der Waals surface area contributed by atoms with E-state index in [0.717, 1.165) is 34.9 Å². The molecule has 0 fully saturated rings. The molecule has 0 nitrogen and oxygen atoms in total. The lowest BCUT2D eigenvalue weighted by Gasteiger charge is -2.09. The number of hydrogen-bond acceptors (Lipinski definition) is 0. The number of hydrogen-bond donors (Lipinski definition) is 0. The van der Waals surface area contributed by atoms with Crippen molar-refractivity contribution in [2.45, 2.75) is 71.6 Å². The lowest BCUT2D eigenvalue weighted by molar-refractivity contribution is 0.643. The molecule has 1 heteroatoms. The highest BCUT2D eigenvalue weighted by molar-refractivity contribution is 5.89. The van der Waals surface area contributed by atoms with Crippen molar-refractivity contribution < 1.29 is 4.39 Å². The normalized spacial score (nSPS) is 10.9. The lowest BCUT2D eigenvalue weighted by atomic mass is 9.97. The fourth-order valence-corrected chi connectivity index (χ4v) is 4.68. The highest BCUT2D eigenvalue weighted by Gasteiger charge is 2.10. The van der Waals surface area contributed by atoms with Crippen LogP contribution in [-0.4, -0.2) is 0 Å². The van der Waals surface area contributed by atoms with Crippen molar-refractivity contribution in [1.82, 2.24) is 0 Å². The van der Waals surface area contributed by atoms with E-state index in [-0.39, 0.29) is 5.82 Å². The molecule has 0 saturated heterocycles. The standard InChI is InChI=1S/C35H37F/c1-3-5-7-9-11-27-12-14-29(15-13-27)16-17-30-20-24-34-32(26-30)23-25-33(35(34)36)31-21-18-28(19-22-31)10-8-6-4-2/h12-15,18-26H,3-11H2,1-2H3. The van der Waals surface area contributed by atoms with E-state index in [0.29, 0.717) is 10.9 Å². The minimum atomic E-state index is -0.166. The molecule has 4 rings (SSSR count). The summed E-state index contributed by atoms with van der Waals surface area (Å²) in [6.45, 7) is 4.46. The molecule has 36 heavy (non-hydrogen) atoms. The first-order valence-corrected chi connectivity index (χ1v) is 13.6. The Morgan fingerprint density at radius 1 is 0.583 bits per heavy atom. The van der Waals surface area contributed by atoms with Gasteiger partial charge in [0.15, 0.2) is 0 Å². The van der Waals surface area contributed by atoms with Gasteiger partial charge in [-0.2, -0.15) is 0 Å². The maximum Gasteiger partial charge on any atom is 0.138 e. The van der Waals surface area contributed by atoms with Gasteiger partial charge >= 0.3 is 0 Å². The Hall–Kier alpha value is -3.37. The van der Waals surface area contributed by atoms with Gasteiger partial charge in [-0.1, -0.05) is 112 Å². The third-order valence-electron chi connectivity index (χ3n) is 6.91. The molecule has 0 spiro atoms. The Bertz CT molecular complexity index is 1320. The molecule has 0 N–H and O–H groups in total. The summed E-state index contributed by atoms with van der Waals surface area (Å²) >= 11 is 0. The summed E-state index contributed by atoms with van der Waals surface area (Å²) in [6.07, 6.45) is 11.0. The first-order valence-electron chi connectivity index (χ1n) is 13.6. The molecule has 0 aliphatic carbocycles. The van der Waals surface area contributed by atoms with Crippen molar-refractivity contribution in [2.75, 3.05) is 0 Å². The molecule has 0 unspecified atom stereocenters. The first-order chi connectivity index (χ1) is 17.7. The minimum Gasteiger partial charge on any atom is -0.206 e. The summed E-state index contributed by atoms with van der Waals surface area (Å²) in [6, 6.07) is 26.6. The van der Waals surface area contributed by atoms with Gasteiger partial charge in [0.05, 0.1) is 0 Å². The predicted molar refractivity (Wildman–Crippen MR) is 153 cm³/mol. The van der Waals surface area contributed by atoms with E-state index in [2.05, 4.69) is 62.1 Å². The van der Waals surface area contributed by atoms with Gasteiger partial charge in [-0.05, 0) is 72.0 Å². The van der Waals surface area contributed by atoms with E-state index in [1.165, 1.54) is 56.1 Å². The van der Waals surface area contributed by atoms with Gasteiger partial charge in [-0.3, -0.25) is 0 Å². The Morgan fingerprint density at radius 2 is 1.17 bits per heavy atom. The highest BCUT2D eigenvalue weighted by Crippen LogP contribution is 2.30. The van der Waals surface area contributed by atoms with Gasteiger partial charge in [0.1, 0.15) is 5.82 Å². The number of aryl methyl sites for hydroxylation is 2. The molecule has 0 heterocycles. The van der Waals surface area contributed by atoms with Crippen LogP contribution < -0.4 is 0 Å². The minimum absolute atomic E-state index is 0.166. The number of unbranched alkanes of at least 4 members (excludes halogenated alkanes) is 5. The van der Waals surface area contributed by atoms with Crippen LogP contribution in [0.25, 0.3) is 21.9 Å². The van der Waals surface area contributed by atoms with Gasteiger partial charge in [0, 0.05) is 22.1 Å². The molecular formula is C35H37F. The highest BCUT2D eigenvalue weighted by atomic mass is 19.1. The van der Waals surface area contributed by atoms with Crippen molar-refractivity contribution in [3.05, 3.63) is 107 Å². The lowest BCUT2D eigenvalue weighted by Crippen LogP contribution is -1.90. The molecule has 0 bridgehead atoms. The van der Waals surface area contributed by atoms with E-state index in [9.17, 15) is 0 Å². The van der Waals surface area contributed by atoms with Crippen LogP contribution >= 0.6 is 0 Å². The van der Waals surface area contributed by atoms with Crippen LogP contribution in [0.1, 0.15) is 81.0 Å². The second-order valence-corrected chi connectivity index (χ2v) is 9.77. The van der Waals surface area contributed by atoms with Crippen molar-refractivity contribution in [3.63, 3.8) is 0 Å². The summed E-state index contributed by atoms with van der Waals surface area (Å²) < 4.78 is 15.4. The SMILES string of the molecule is CCCCCCc1ccc(C#Cc2ccc3c(F)c(-c4ccc(CCCCC)cc4)ccc3c2)cc1. The Balaban J connectivity index is 1.46. The molecule has 0 radical (unpaired) electrons. The molecule has 0 amide bonds. The monoisotopic (exact) mass is 476 g/mol. The molecule has 4 aromatic carbocycles. The molecule has 0 aromatic heterocycles. The van der Waals surface area contributed by atoms with Gasteiger partial charge < -0.3 is 0 Å². The second-order valence-electron chi connectivity index (χ2n) is 9.77. The van der Waals surface area contributed by atoms with Crippen molar-refractivity contribution >= 4 is 10.8 Å². The van der Waals surface area contributed by atoms with E-state index in [1.807, 2.05) is 42.5 Å². The van der Waals surface area contributed by atoms with E-state index in [4.69, 9.17) is 0 Å². The number of fused-ring (bicyclic) bond motifs is 1. The van der Waals surface area contributed by atoms with Crippen LogP contribution in [0.4, 0.5) is 4.39 Å². The van der Waals surface area contributed by atoms with Gasteiger partial charge in [-0.15, -0.1) is 0 Å². The fraction of sp³-hybridized carbons (Fsp3) is 0.314. The van der Waals surface area contributed by atoms with E-state index < -0.39 is 0 Å². The molecule has 0 atom stereocenters. The number of rotatable bonds is 10. The topological polar surface area (TPSA) is 0 Å². The fourth-order valence-electron chi connectivity index (χ4n) is 4.68. The largest absolute Gasteiger partial charge is 0.206 e. The first kappa shape index (κ1) is 25.7. The van der Waals surface area contributed by atoms with Crippen molar-refractivity contribution in [3.8, 4) is 23.0 Å². The molecule has 184 valence electrons. The quantitative estimate of drug-likeness (QED) is 0.158. The average molecular weight is 477 g/mol. The third kappa shape index (κ3) is 6.86. The summed E-state index contributed by atoms with van der Waals surface area (Å²) in [4.78, 5) is 0. The van der Waals surface area contributed by atoms with Gasteiger partial charge in [-0.25, -0.2) is 4.39 Å². The Labute approximate surface area is 216 Å². The van der Waals surface area contributed by atoms with Crippen molar-refractivity contribution in [1.29, 1.82) is 0 Å². The zero-order valence-electron chi connectivity index (χ0n) is 21.7. The summed E-state index contributed by atoms with van der Waals surface area (Å²) in [5.41, 5.74) is 6.17. The molecule has 0 aliphatic rings. The molecular weight excluding hydrogens is 439 g/mol. The van der Waals surface area contributed by atoms with Gasteiger partial charge in [0.2, 0.25) is 0 Å². The van der Waals surface area contributed by atoms with Gasteiger partial charge in [0.25, 0.3) is 0 Å². The van der Waals surface area contributed by atoms with E-state index >= 15 is 4.39 Å². The van der Waals surface area contributed by atoms with Crippen LogP contribution in [0.2, 0.25) is 0 Å². The van der Waals surface area contributed by atoms with Crippen LogP contribution in [0.3, 0.4) is 0 Å². The van der Waals surface area contributed by atoms with Crippen LogP contribution in [0.5, 0.6) is 0 Å². The maximum absolute atomic E-state index is 15.4. The number of halogens is 1. The molecule has 0 saturated carbocycles. The number of benzene rings is 4. The zero-order valence-corrected chi connectivity index (χ0v) is 21.7. The Morgan fingerprint density at radius 3 is 1.86 bits per heavy atom. The third-order valence-corrected chi connectivity index (χ3v) is 6.91. The van der Waals surface area contributed by atoms with Crippen LogP contribution in [0.15, 0.2) is 78.9 Å².